The van der Waals surface area contributed by atoms with Crippen LogP contribution in [-0.2, 0) is 6.42 Å². The first-order valence-corrected chi connectivity index (χ1v) is 7.19. The molecule has 18 heavy (non-hydrogen) atoms. The summed E-state index contributed by atoms with van der Waals surface area (Å²) in [5.41, 5.74) is 1.75. The van der Waals surface area contributed by atoms with Crippen molar-refractivity contribution in [3.63, 3.8) is 0 Å². The molecule has 1 aliphatic carbocycles. The molecule has 0 aromatic heterocycles. The lowest BCUT2D eigenvalue weighted by Gasteiger charge is -2.37. The standard InChI is InChI=1S/C17H25F/c1-17(2,3)15-8-4-13(5-9-15)12-14-6-10-16(18)11-7-14/h6-7,10-11,13,15H,4-5,8-9,12H2,1-3H3. The molecular formula is C17H25F. The van der Waals surface area contributed by atoms with Crippen LogP contribution in [0, 0.1) is 23.1 Å². The summed E-state index contributed by atoms with van der Waals surface area (Å²) in [5, 5.41) is 0. The van der Waals surface area contributed by atoms with E-state index in [2.05, 4.69) is 20.8 Å². The molecule has 1 aliphatic rings. The Morgan fingerprint density at radius 1 is 1.00 bits per heavy atom. The summed E-state index contributed by atoms with van der Waals surface area (Å²) in [7, 11) is 0. The first kappa shape index (κ1) is 13.6. The lowest BCUT2D eigenvalue weighted by molar-refractivity contribution is 0.150. The summed E-state index contributed by atoms with van der Waals surface area (Å²) in [6.07, 6.45) is 6.50. The zero-order valence-corrected chi connectivity index (χ0v) is 11.9. The summed E-state index contributed by atoms with van der Waals surface area (Å²) in [6.45, 7) is 7.08. The van der Waals surface area contributed by atoms with Crippen molar-refractivity contribution >= 4 is 0 Å². The van der Waals surface area contributed by atoms with E-state index in [0.717, 1.165) is 18.3 Å². The Bertz CT molecular complexity index is 364. The minimum atomic E-state index is -0.129. The van der Waals surface area contributed by atoms with Gasteiger partial charge in [0.05, 0.1) is 0 Å². The van der Waals surface area contributed by atoms with Crippen molar-refractivity contribution in [2.45, 2.75) is 52.9 Å². The van der Waals surface area contributed by atoms with Gasteiger partial charge in [-0.25, -0.2) is 4.39 Å². The van der Waals surface area contributed by atoms with Gasteiger partial charge in [-0.3, -0.25) is 0 Å². The lowest BCUT2D eigenvalue weighted by Crippen LogP contribution is -2.26. The van der Waals surface area contributed by atoms with Gasteiger partial charge < -0.3 is 0 Å². The number of rotatable bonds is 2. The normalized spacial score (nSPS) is 25.1. The smallest absolute Gasteiger partial charge is 0.123 e. The van der Waals surface area contributed by atoms with E-state index in [0.29, 0.717) is 5.41 Å². The average Bonchev–Trinajstić information content (AvgIpc) is 2.32. The van der Waals surface area contributed by atoms with Crippen molar-refractivity contribution in [2.75, 3.05) is 0 Å². The van der Waals surface area contributed by atoms with Crippen LogP contribution in [0.25, 0.3) is 0 Å². The van der Waals surface area contributed by atoms with Crippen LogP contribution < -0.4 is 0 Å². The molecule has 0 aliphatic heterocycles. The molecule has 1 aromatic carbocycles. The number of hydrogen-bond acceptors (Lipinski definition) is 0. The lowest BCUT2D eigenvalue weighted by atomic mass is 9.69. The monoisotopic (exact) mass is 248 g/mol. The van der Waals surface area contributed by atoms with Crippen molar-refractivity contribution in [3.05, 3.63) is 35.6 Å². The van der Waals surface area contributed by atoms with Crippen molar-refractivity contribution in [1.82, 2.24) is 0 Å². The van der Waals surface area contributed by atoms with Crippen LogP contribution in [-0.4, -0.2) is 0 Å². The van der Waals surface area contributed by atoms with E-state index in [1.54, 1.807) is 12.1 Å². The maximum Gasteiger partial charge on any atom is 0.123 e. The third-order valence-electron chi connectivity index (χ3n) is 4.51. The molecule has 1 heteroatoms. The molecular weight excluding hydrogens is 223 g/mol. The van der Waals surface area contributed by atoms with Gasteiger partial charge >= 0.3 is 0 Å². The highest BCUT2D eigenvalue weighted by atomic mass is 19.1. The van der Waals surface area contributed by atoms with Gasteiger partial charge in [-0.05, 0) is 67.1 Å². The second kappa shape index (κ2) is 5.42. The molecule has 0 radical (unpaired) electrons. The van der Waals surface area contributed by atoms with Crippen LogP contribution in [0.1, 0.15) is 52.0 Å². The van der Waals surface area contributed by atoms with Crippen molar-refractivity contribution in [2.24, 2.45) is 17.3 Å². The first-order chi connectivity index (χ1) is 8.45. The van der Waals surface area contributed by atoms with Gasteiger partial charge in [0.25, 0.3) is 0 Å². The quantitative estimate of drug-likeness (QED) is 0.673. The highest BCUT2D eigenvalue weighted by Crippen LogP contribution is 2.40. The second-order valence-electron chi connectivity index (χ2n) is 6.91. The molecule has 1 fully saturated rings. The van der Waals surface area contributed by atoms with E-state index in [-0.39, 0.29) is 5.82 Å². The molecule has 0 amide bonds. The van der Waals surface area contributed by atoms with Crippen molar-refractivity contribution < 1.29 is 4.39 Å². The van der Waals surface area contributed by atoms with E-state index in [1.165, 1.54) is 31.2 Å². The fourth-order valence-electron chi connectivity index (χ4n) is 3.19. The number of hydrogen-bond donors (Lipinski definition) is 0. The highest BCUT2D eigenvalue weighted by Gasteiger charge is 2.29. The molecule has 1 saturated carbocycles. The molecule has 100 valence electrons. The topological polar surface area (TPSA) is 0 Å². The molecule has 0 bridgehead atoms. The molecule has 0 atom stereocenters. The Kier molecular flexibility index (Phi) is 4.09. The van der Waals surface area contributed by atoms with E-state index in [9.17, 15) is 4.39 Å². The summed E-state index contributed by atoms with van der Waals surface area (Å²) >= 11 is 0. The molecule has 0 heterocycles. The molecule has 1 aromatic rings. The number of benzene rings is 1. The van der Waals surface area contributed by atoms with Crippen LogP contribution in [0.2, 0.25) is 0 Å². The predicted octanol–water partition coefficient (Wildman–Crippen LogP) is 5.22. The zero-order valence-electron chi connectivity index (χ0n) is 11.9. The summed E-state index contributed by atoms with van der Waals surface area (Å²) < 4.78 is 12.8. The van der Waals surface area contributed by atoms with Crippen molar-refractivity contribution in [3.8, 4) is 0 Å². The minimum Gasteiger partial charge on any atom is -0.207 e. The molecule has 2 rings (SSSR count). The summed E-state index contributed by atoms with van der Waals surface area (Å²) in [5.74, 6) is 1.55. The average molecular weight is 248 g/mol. The molecule has 0 nitrogen and oxygen atoms in total. The fourth-order valence-corrected chi connectivity index (χ4v) is 3.19. The maximum atomic E-state index is 12.8. The number of halogens is 1. The van der Waals surface area contributed by atoms with Gasteiger partial charge in [-0.2, -0.15) is 0 Å². The van der Waals surface area contributed by atoms with Crippen LogP contribution in [0.5, 0.6) is 0 Å². The Morgan fingerprint density at radius 2 is 1.56 bits per heavy atom. The first-order valence-electron chi connectivity index (χ1n) is 7.19. The van der Waals surface area contributed by atoms with E-state index in [4.69, 9.17) is 0 Å². The van der Waals surface area contributed by atoms with E-state index >= 15 is 0 Å². The highest BCUT2D eigenvalue weighted by molar-refractivity contribution is 5.16. The van der Waals surface area contributed by atoms with Gasteiger partial charge in [-0.1, -0.05) is 32.9 Å². The largest absolute Gasteiger partial charge is 0.207 e. The SMILES string of the molecule is CC(C)(C)C1CCC(Cc2ccc(F)cc2)CC1. The minimum absolute atomic E-state index is 0.129. The van der Waals surface area contributed by atoms with Crippen LogP contribution >= 0.6 is 0 Å². The summed E-state index contributed by atoms with van der Waals surface area (Å²) in [6, 6.07) is 7.03. The molecule has 0 unspecified atom stereocenters. The fraction of sp³-hybridized carbons (Fsp3) is 0.647. The van der Waals surface area contributed by atoms with Gasteiger partial charge in [-0.15, -0.1) is 0 Å². The van der Waals surface area contributed by atoms with E-state index in [1.807, 2.05) is 12.1 Å². The Hall–Kier alpha value is -0.850. The summed E-state index contributed by atoms with van der Waals surface area (Å²) in [4.78, 5) is 0. The molecule has 0 N–H and O–H groups in total. The maximum absolute atomic E-state index is 12.8. The second-order valence-corrected chi connectivity index (χ2v) is 6.91. The Labute approximate surface area is 111 Å². The van der Waals surface area contributed by atoms with Gasteiger partial charge in [0.1, 0.15) is 5.82 Å². The Morgan fingerprint density at radius 3 is 2.06 bits per heavy atom. The van der Waals surface area contributed by atoms with Crippen LogP contribution in [0.15, 0.2) is 24.3 Å². The third-order valence-corrected chi connectivity index (χ3v) is 4.51. The molecule has 0 spiro atoms. The van der Waals surface area contributed by atoms with Crippen LogP contribution in [0.4, 0.5) is 4.39 Å². The van der Waals surface area contributed by atoms with Gasteiger partial charge in [0.2, 0.25) is 0 Å². The van der Waals surface area contributed by atoms with Crippen LogP contribution in [0.3, 0.4) is 0 Å². The Balaban J connectivity index is 1.85. The molecule has 0 saturated heterocycles. The van der Waals surface area contributed by atoms with E-state index < -0.39 is 0 Å². The van der Waals surface area contributed by atoms with Gasteiger partial charge in [0, 0.05) is 0 Å². The zero-order chi connectivity index (χ0) is 13.2. The van der Waals surface area contributed by atoms with Crippen molar-refractivity contribution in [1.29, 1.82) is 0 Å². The predicted molar refractivity (Wildman–Crippen MR) is 75.0 cm³/mol. The van der Waals surface area contributed by atoms with Gasteiger partial charge in [0.15, 0.2) is 0 Å². The third kappa shape index (κ3) is 3.57.